The summed E-state index contributed by atoms with van der Waals surface area (Å²) < 4.78 is 4.29. The number of hydrogen-bond donors (Lipinski definition) is 2. The number of benzene rings is 4. The fourth-order valence-electron chi connectivity index (χ4n) is 6.93. The van der Waals surface area contributed by atoms with E-state index in [4.69, 9.17) is 9.97 Å². The number of pyridine rings is 4. The Bertz CT molecular complexity index is 2650. The minimum atomic E-state index is 0.335. The Balaban J connectivity index is 1.09. The van der Waals surface area contributed by atoms with E-state index in [-0.39, 0.29) is 0 Å². The molecule has 1 aliphatic rings. The molecule has 0 aliphatic heterocycles. The summed E-state index contributed by atoms with van der Waals surface area (Å²) in [7, 11) is 0. The molecule has 0 amide bonds. The number of nitrogens with zero attached hydrogens (tertiary/aromatic N) is 5. The zero-order chi connectivity index (χ0) is 35.7. The highest BCUT2D eigenvalue weighted by Crippen LogP contribution is 2.39. The molecular formula is C46H30N6S. The average molecular weight is 699 g/mol. The molecule has 0 saturated carbocycles. The molecule has 0 unspecified atom stereocenters. The summed E-state index contributed by atoms with van der Waals surface area (Å²) in [6.07, 6.45) is 5.68. The van der Waals surface area contributed by atoms with Gasteiger partial charge in [0.05, 0.1) is 39.7 Å². The number of thiol groups is 1. The lowest BCUT2D eigenvalue weighted by Crippen LogP contribution is -2.22. The summed E-state index contributed by atoms with van der Waals surface area (Å²) in [4.78, 5) is 19.2. The van der Waals surface area contributed by atoms with Gasteiger partial charge in [0.15, 0.2) is 0 Å². The predicted octanol–water partition coefficient (Wildman–Crippen LogP) is 11.0. The van der Waals surface area contributed by atoms with Gasteiger partial charge in [0, 0.05) is 40.0 Å². The maximum Gasteiger partial charge on any atom is 0.104 e. The lowest BCUT2D eigenvalue weighted by molar-refractivity contribution is 1.22. The smallest absolute Gasteiger partial charge is 0.104 e. The maximum absolute atomic E-state index is 9.33. The summed E-state index contributed by atoms with van der Waals surface area (Å²) in [6.45, 7) is 0. The molecule has 0 saturated heterocycles. The Hall–Kier alpha value is -6.83. The third-order valence-corrected chi connectivity index (χ3v) is 9.74. The van der Waals surface area contributed by atoms with Gasteiger partial charge in [-0.3, -0.25) is 15.4 Å². The molecule has 7 heteroatoms. The van der Waals surface area contributed by atoms with Crippen LogP contribution in [-0.4, -0.2) is 31.4 Å². The molecule has 250 valence electrons. The van der Waals surface area contributed by atoms with E-state index in [1.54, 1.807) is 12.4 Å². The van der Waals surface area contributed by atoms with E-state index >= 15 is 0 Å². The van der Waals surface area contributed by atoms with Crippen LogP contribution in [0.15, 0.2) is 168 Å². The van der Waals surface area contributed by atoms with Gasteiger partial charge in [-0.15, -0.1) is 0 Å². The number of allylic oxidation sites excluding steroid dienone is 1. The van der Waals surface area contributed by atoms with Crippen molar-refractivity contribution in [1.29, 1.82) is 5.41 Å². The molecule has 9 rings (SSSR count). The van der Waals surface area contributed by atoms with Crippen molar-refractivity contribution in [2.45, 2.75) is 0 Å². The third-order valence-electron chi connectivity index (χ3n) is 9.54. The van der Waals surface area contributed by atoms with Crippen molar-refractivity contribution in [3.05, 3.63) is 181 Å². The number of aromatic nitrogens is 4. The number of rotatable bonds is 6. The Labute approximate surface area is 312 Å². The lowest BCUT2D eigenvalue weighted by Gasteiger charge is -2.23. The first kappa shape index (κ1) is 32.1. The zero-order valence-electron chi connectivity index (χ0n) is 28.3. The van der Waals surface area contributed by atoms with E-state index in [0.717, 1.165) is 89.5 Å². The number of fused-ring (bicyclic) bond motifs is 3. The van der Waals surface area contributed by atoms with Crippen LogP contribution in [0, 0.1) is 5.41 Å². The van der Waals surface area contributed by atoms with Gasteiger partial charge in [-0.25, -0.2) is 14.4 Å². The molecule has 0 spiro atoms. The fraction of sp³-hybridized carbons (Fsp3) is 0. The Kier molecular flexibility index (Phi) is 8.31. The lowest BCUT2D eigenvalue weighted by atomic mass is 9.82. The molecule has 0 radical (unpaired) electrons. The molecule has 1 N–H and O–H groups in total. The first-order valence-corrected chi connectivity index (χ1v) is 17.6. The minimum Gasteiger partial charge on any atom is -0.298 e. The maximum atomic E-state index is 9.33. The Morgan fingerprint density at radius 2 is 1.04 bits per heavy atom. The number of nitrogens with one attached hydrogen (secondary N) is 1. The van der Waals surface area contributed by atoms with Gasteiger partial charge in [0.2, 0.25) is 0 Å². The highest BCUT2D eigenvalue weighted by atomic mass is 32.1. The normalized spacial score (nSPS) is 13.2. The predicted molar refractivity (Wildman–Crippen MR) is 220 cm³/mol. The van der Waals surface area contributed by atoms with Crippen LogP contribution in [0.3, 0.4) is 0 Å². The van der Waals surface area contributed by atoms with Crippen molar-refractivity contribution >= 4 is 46.8 Å². The summed E-state index contributed by atoms with van der Waals surface area (Å²) in [5.74, 6) is 0. The van der Waals surface area contributed by atoms with Gasteiger partial charge in [0.1, 0.15) is 5.71 Å². The van der Waals surface area contributed by atoms with Crippen molar-refractivity contribution in [2.75, 3.05) is 0 Å². The largest absolute Gasteiger partial charge is 0.298 e. The van der Waals surface area contributed by atoms with Crippen LogP contribution in [0.1, 0.15) is 16.7 Å². The average Bonchev–Trinajstić information content (AvgIpc) is 3.24. The van der Waals surface area contributed by atoms with Crippen molar-refractivity contribution < 1.29 is 0 Å². The third kappa shape index (κ3) is 6.03. The van der Waals surface area contributed by atoms with Crippen LogP contribution < -0.4 is 0 Å². The minimum absolute atomic E-state index is 0.335. The zero-order valence-corrected chi connectivity index (χ0v) is 29.2. The van der Waals surface area contributed by atoms with Crippen LogP contribution >= 0.6 is 12.8 Å². The Morgan fingerprint density at radius 3 is 1.62 bits per heavy atom. The van der Waals surface area contributed by atoms with E-state index in [1.807, 2.05) is 91.0 Å². The molecule has 1 aliphatic carbocycles. The van der Waals surface area contributed by atoms with Crippen LogP contribution in [0.5, 0.6) is 0 Å². The second-order valence-electron chi connectivity index (χ2n) is 12.7. The first-order valence-electron chi connectivity index (χ1n) is 17.2. The molecule has 6 nitrogen and oxygen atoms in total. The van der Waals surface area contributed by atoms with Crippen LogP contribution in [0.25, 0.3) is 78.8 Å². The van der Waals surface area contributed by atoms with Crippen molar-refractivity contribution in [1.82, 2.24) is 19.9 Å². The van der Waals surface area contributed by atoms with Crippen LogP contribution in [0.2, 0.25) is 0 Å². The second-order valence-corrected chi connectivity index (χ2v) is 12.9. The van der Waals surface area contributed by atoms with Crippen molar-refractivity contribution in [3.63, 3.8) is 0 Å². The van der Waals surface area contributed by atoms with Crippen molar-refractivity contribution in [3.8, 4) is 56.3 Å². The molecule has 8 aromatic rings. The molecule has 0 bridgehead atoms. The fourth-order valence-corrected chi connectivity index (χ4v) is 7.14. The quantitative estimate of drug-likeness (QED) is 0.169. The summed E-state index contributed by atoms with van der Waals surface area (Å²) >= 11 is 4.31. The highest BCUT2D eigenvalue weighted by molar-refractivity contribution is 7.79. The highest BCUT2D eigenvalue weighted by Gasteiger charge is 2.28. The van der Waals surface area contributed by atoms with Gasteiger partial charge in [-0.1, -0.05) is 109 Å². The molecular weight excluding hydrogens is 669 g/mol. The molecule has 0 fully saturated rings. The Morgan fingerprint density at radius 1 is 0.491 bits per heavy atom. The molecule has 4 aromatic heterocycles. The number of para-hydroxylation sites is 1. The molecule has 53 heavy (non-hydrogen) atoms. The standard InChI is InChI=1S/C46H30N6S/c47-44-43-35-12-4-5-13-38(35)51-45(37(43)28-36(46(44)52-53)32-10-2-1-3-11-32)33-22-20-30(21-23-33)29-16-18-31(19-17-29)34-26-41(39-14-6-8-24-48-39)50-42(27-34)40-15-7-9-25-49-40/h1-28,47,53H. The van der Waals surface area contributed by atoms with E-state index in [2.05, 4.69) is 93.9 Å². The summed E-state index contributed by atoms with van der Waals surface area (Å²) in [6, 6.07) is 51.0. The van der Waals surface area contributed by atoms with Gasteiger partial charge in [0.25, 0.3) is 0 Å². The monoisotopic (exact) mass is 698 g/mol. The van der Waals surface area contributed by atoms with Gasteiger partial charge < -0.3 is 0 Å². The first-order chi connectivity index (χ1) is 26.1. The molecule has 4 heterocycles. The molecule has 0 atom stereocenters. The van der Waals surface area contributed by atoms with E-state index < -0.39 is 0 Å². The molecule has 4 aromatic carbocycles. The van der Waals surface area contributed by atoms with E-state index in [9.17, 15) is 5.41 Å². The van der Waals surface area contributed by atoms with E-state index in [0.29, 0.717) is 11.4 Å². The van der Waals surface area contributed by atoms with Crippen LogP contribution in [-0.2, 0) is 0 Å². The van der Waals surface area contributed by atoms with Gasteiger partial charge in [-0.05, 0) is 89.2 Å². The summed E-state index contributed by atoms with van der Waals surface area (Å²) in [5.41, 5.74) is 14.5. The topological polar surface area (TPSA) is 87.8 Å². The second kappa shape index (κ2) is 13.7. The van der Waals surface area contributed by atoms with Crippen LogP contribution in [0.4, 0.5) is 0 Å². The van der Waals surface area contributed by atoms with Gasteiger partial charge >= 0.3 is 0 Å². The number of hydrogen-bond acceptors (Lipinski definition) is 7. The van der Waals surface area contributed by atoms with Gasteiger partial charge in [-0.2, -0.15) is 0 Å². The summed E-state index contributed by atoms with van der Waals surface area (Å²) in [5, 5.41) is 10.2. The SMILES string of the molecule is N=C1C(=NS)C(c2ccccc2)=Cc2c(-c3ccc(-c4ccc(-c5cc(-c6ccccn6)nc(-c6ccccn6)c5)cc4)cc3)nc3ccccc3c21. The van der Waals surface area contributed by atoms with E-state index in [1.165, 1.54) is 0 Å². The van der Waals surface area contributed by atoms with Crippen molar-refractivity contribution in [2.24, 2.45) is 4.40 Å².